The van der Waals surface area contributed by atoms with Crippen LogP contribution in [0.5, 0.6) is 0 Å². The molecule has 3 amide bonds. The second-order valence-electron chi connectivity index (χ2n) is 8.98. The number of anilines is 1. The molecule has 0 aromatic heterocycles. The molecule has 2 aromatic carbocycles. The Balaban J connectivity index is 1.84. The molecule has 0 fully saturated rings. The zero-order valence-electron chi connectivity index (χ0n) is 20.6. The Labute approximate surface area is 209 Å². The van der Waals surface area contributed by atoms with Crippen molar-refractivity contribution in [3.05, 3.63) is 70.3 Å². The van der Waals surface area contributed by atoms with Crippen molar-refractivity contribution in [1.82, 2.24) is 10.6 Å². The maximum atomic E-state index is 12.8. The van der Waals surface area contributed by atoms with Crippen LogP contribution in [0.2, 0.25) is 0 Å². The molecule has 0 saturated heterocycles. The van der Waals surface area contributed by atoms with Crippen molar-refractivity contribution < 1.29 is 28.8 Å². The molecule has 36 heavy (non-hydrogen) atoms. The molecule has 2 aromatic rings. The topological polar surface area (TPSA) is 149 Å². The lowest BCUT2D eigenvalue weighted by Gasteiger charge is -2.23. The second kappa shape index (κ2) is 13.7. The number of rotatable bonds is 11. The van der Waals surface area contributed by atoms with Crippen LogP contribution in [0.4, 0.5) is 21.0 Å². The molecule has 0 aliphatic rings. The van der Waals surface area contributed by atoms with Gasteiger partial charge in [-0.15, -0.1) is 0 Å². The number of ether oxygens (including phenoxy) is 2. The molecule has 0 radical (unpaired) electrons. The second-order valence-corrected chi connectivity index (χ2v) is 8.98. The molecule has 0 heterocycles. The molecule has 11 heteroatoms. The third kappa shape index (κ3) is 10.9. The molecule has 3 N–H and O–H groups in total. The highest BCUT2D eigenvalue weighted by Crippen LogP contribution is 2.16. The molecule has 0 saturated carbocycles. The van der Waals surface area contributed by atoms with Gasteiger partial charge in [-0.25, -0.2) is 9.59 Å². The number of carbonyl (C=O) groups is 3. The average molecular weight is 501 g/mol. The highest BCUT2D eigenvalue weighted by atomic mass is 16.6. The van der Waals surface area contributed by atoms with Crippen LogP contribution in [0, 0.1) is 10.1 Å². The number of nitro groups is 1. The van der Waals surface area contributed by atoms with Crippen LogP contribution in [0.3, 0.4) is 0 Å². The first-order valence-corrected chi connectivity index (χ1v) is 11.5. The van der Waals surface area contributed by atoms with Gasteiger partial charge < -0.3 is 25.4 Å². The number of nitrogens with one attached hydrogen (secondary N) is 3. The lowest BCUT2D eigenvalue weighted by Crippen LogP contribution is -2.45. The van der Waals surface area contributed by atoms with E-state index in [9.17, 15) is 24.5 Å². The number of non-ortho nitro benzene ring substituents is 1. The summed E-state index contributed by atoms with van der Waals surface area (Å²) in [5.74, 6) is -0.495. The molecule has 194 valence electrons. The van der Waals surface area contributed by atoms with E-state index in [-0.39, 0.29) is 18.7 Å². The van der Waals surface area contributed by atoms with Crippen molar-refractivity contribution in [2.45, 2.75) is 58.3 Å². The van der Waals surface area contributed by atoms with Crippen LogP contribution in [0.25, 0.3) is 0 Å². The van der Waals surface area contributed by atoms with Crippen LogP contribution in [0.1, 0.15) is 45.6 Å². The van der Waals surface area contributed by atoms with Crippen LogP contribution < -0.4 is 16.0 Å². The number of nitro benzene ring substituents is 1. The van der Waals surface area contributed by atoms with Crippen molar-refractivity contribution in [1.29, 1.82) is 0 Å². The Bertz CT molecular complexity index is 1020. The number of carbonyl (C=O) groups excluding carboxylic acids is 3. The third-order valence-corrected chi connectivity index (χ3v) is 4.75. The molecule has 0 spiro atoms. The van der Waals surface area contributed by atoms with Gasteiger partial charge in [0.2, 0.25) is 5.91 Å². The first-order valence-electron chi connectivity index (χ1n) is 11.5. The molecule has 0 aliphatic carbocycles. The number of unbranched alkanes of at least 4 members (excludes halogenated alkanes) is 1. The van der Waals surface area contributed by atoms with Crippen molar-refractivity contribution in [3.8, 4) is 0 Å². The van der Waals surface area contributed by atoms with E-state index in [4.69, 9.17) is 9.47 Å². The summed E-state index contributed by atoms with van der Waals surface area (Å²) in [6.07, 6.45) is 0.0380. The highest BCUT2D eigenvalue weighted by molar-refractivity contribution is 5.96. The van der Waals surface area contributed by atoms with Gasteiger partial charge in [-0.05, 0) is 57.7 Å². The number of alkyl carbamates (subject to hydrolysis) is 2. The average Bonchev–Trinajstić information content (AvgIpc) is 2.81. The maximum absolute atomic E-state index is 12.8. The van der Waals surface area contributed by atoms with Gasteiger partial charge in [-0.3, -0.25) is 14.9 Å². The molecule has 11 nitrogen and oxygen atoms in total. The fourth-order valence-corrected chi connectivity index (χ4v) is 3.05. The van der Waals surface area contributed by atoms with Gasteiger partial charge in [0.25, 0.3) is 5.69 Å². The van der Waals surface area contributed by atoms with Gasteiger partial charge >= 0.3 is 12.2 Å². The summed E-state index contributed by atoms with van der Waals surface area (Å²) in [6, 6.07) is 13.7. The zero-order chi connectivity index (χ0) is 26.6. The minimum absolute atomic E-state index is 0.105. The predicted molar refractivity (Wildman–Crippen MR) is 133 cm³/mol. The number of hydrogen-bond donors (Lipinski definition) is 3. The number of hydrogen-bond acceptors (Lipinski definition) is 7. The summed E-state index contributed by atoms with van der Waals surface area (Å²) in [6.45, 7) is 5.62. The monoisotopic (exact) mass is 500 g/mol. The van der Waals surface area contributed by atoms with E-state index < -0.39 is 34.7 Å². The lowest BCUT2D eigenvalue weighted by atomic mass is 10.1. The summed E-state index contributed by atoms with van der Waals surface area (Å²) in [5.41, 5.74) is 0.381. The fourth-order valence-electron chi connectivity index (χ4n) is 3.05. The van der Waals surface area contributed by atoms with E-state index >= 15 is 0 Å². The van der Waals surface area contributed by atoms with Gasteiger partial charge in [-0.2, -0.15) is 0 Å². The van der Waals surface area contributed by atoms with Crippen molar-refractivity contribution in [3.63, 3.8) is 0 Å². The minimum Gasteiger partial charge on any atom is -0.445 e. The van der Waals surface area contributed by atoms with Gasteiger partial charge in [0.05, 0.1) is 4.92 Å². The Morgan fingerprint density at radius 2 is 1.64 bits per heavy atom. The number of nitrogens with zero attached hydrogens (tertiary/aromatic N) is 1. The van der Waals surface area contributed by atoms with Crippen molar-refractivity contribution in [2.75, 3.05) is 11.9 Å². The lowest BCUT2D eigenvalue weighted by molar-refractivity contribution is -0.384. The molecular formula is C25H32N4O7. The van der Waals surface area contributed by atoms with Gasteiger partial charge in [-0.1, -0.05) is 30.3 Å². The molecule has 0 aliphatic heterocycles. The van der Waals surface area contributed by atoms with E-state index in [1.165, 1.54) is 24.3 Å². The smallest absolute Gasteiger partial charge is 0.408 e. The van der Waals surface area contributed by atoms with Crippen LogP contribution >= 0.6 is 0 Å². The summed E-state index contributed by atoms with van der Waals surface area (Å²) in [7, 11) is 0. The van der Waals surface area contributed by atoms with Crippen LogP contribution in [-0.4, -0.2) is 41.2 Å². The normalized spacial score (nSPS) is 11.6. The van der Waals surface area contributed by atoms with Gasteiger partial charge in [0.15, 0.2) is 0 Å². The summed E-state index contributed by atoms with van der Waals surface area (Å²) >= 11 is 0. The summed E-state index contributed by atoms with van der Waals surface area (Å²) in [5, 5.41) is 18.7. The van der Waals surface area contributed by atoms with E-state index in [0.29, 0.717) is 25.1 Å². The van der Waals surface area contributed by atoms with E-state index in [2.05, 4.69) is 16.0 Å². The third-order valence-electron chi connectivity index (χ3n) is 4.75. The van der Waals surface area contributed by atoms with Gasteiger partial charge in [0.1, 0.15) is 18.2 Å². The minimum atomic E-state index is -0.917. The first kappa shape index (κ1) is 28.1. The van der Waals surface area contributed by atoms with E-state index in [1.54, 1.807) is 20.8 Å². The van der Waals surface area contributed by atoms with Crippen molar-refractivity contribution >= 4 is 29.5 Å². The van der Waals surface area contributed by atoms with Crippen molar-refractivity contribution in [2.24, 2.45) is 0 Å². The quantitative estimate of drug-likeness (QED) is 0.233. The summed E-state index contributed by atoms with van der Waals surface area (Å²) in [4.78, 5) is 47.2. The van der Waals surface area contributed by atoms with Gasteiger partial charge in [0, 0.05) is 24.4 Å². The predicted octanol–water partition coefficient (Wildman–Crippen LogP) is 4.52. The Morgan fingerprint density at radius 3 is 2.25 bits per heavy atom. The highest BCUT2D eigenvalue weighted by Gasteiger charge is 2.24. The molecule has 2 rings (SSSR count). The van der Waals surface area contributed by atoms with E-state index in [1.807, 2.05) is 30.3 Å². The molecule has 0 bridgehead atoms. The Morgan fingerprint density at radius 1 is 0.972 bits per heavy atom. The number of amides is 3. The molecule has 1 unspecified atom stereocenters. The van der Waals surface area contributed by atoms with Crippen LogP contribution in [-0.2, 0) is 20.9 Å². The standard InChI is InChI=1S/C25H32N4O7/c1-25(2,3)36-24(32)28-21(22(30)27-19-12-14-20(15-13-19)29(33)34)11-7-8-16-26-23(31)35-17-18-9-5-4-6-10-18/h4-6,9-10,12-15,21H,7-8,11,16-17H2,1-3H3,(H,26,31)(H,27,30)(H,28,32). The maximum Gasteiger partial charge on any atom is 0.408 e. The molecule has 1 atom stereocenters. The van der Waals surface area contributed by atoms with E-state index in [0.717, 1.165) is 5.56 Å². The van der Waals surface area contributed by atoms with Crippen LogP contribution in [0.15, 0.2) is 54.6 Å². The zero-order valence-corrected chi connectivity index (χ0v) is 20.6. The SMILES string of the molecule is CC(C)(C)OC(=O)NC(CCCCNC(=O)OCc1ccccc1)C(=O)Nc1ccc([N+](=O)[O-])cc1. The number of benzene rings is 2. The fraction of sp³-hybridized carbons (Fsp3) is 0.400. The first-order chi connectivity index (χ1) is 17.0. The summed E-state index contributed by atoms with van der Waals surface area (Å²) < 4.78 is 10.4. The largest absolute Gasteiger partial charge is 0.445 e. The Hall–Kier alpha value is -4.15. The Kier molecular flexibility index (Phi) is 10.7. The molecular weight excluding hydrogens is 468 g/mol.